The van der Waals surface area contributed by atoms with E-state index >= 15 is 0 Å². The summed E-state index contributed by atoms with van der Waals surface area (Å²) in [4.78, 5) is 0. The van der Waals surface area contributed by atoms with Crippen LogP contribution in [-0.2, 0) is 24.6 Å². The first-order valence-electron chi connectivity index (χ1n) is 25.6. The van der Waals surface area contributed by atoms with Gasteiger partial charge in [0, 0.05) is 0 Å². The molecule has 2 aliphatic rings. The molecule has 0 spiro atoms. The number of hydrogen-bond donors (Lipinski definition) is 0. The molecule has 0 nitrogen and oxygen atoms in total. The zero-order valence-electron chi connectivity index (χ0n) is 40.2. The Hall–Kier alpha value is -7.46. The quantitative estimate of drug-likeness (QED) is 0.140. The van der Waals surface area contributed by atoms with Crippen molar-refractivity contribution in [2.75, 3.05) is 12.3 Å². The van der Waals surface area contributed by atoms with Crippen LogP contribution in [0.15, 0.2) is 243 Å². The first-order valence-corrected chi connectivity index (χ1v) is 29.4. The minimum atomic E-state index is -0.507. The summed E-state index contributed by atoms with van der Waals surface area (Å²) < 4.78 is 0. The van der Waals surface area contributed by atoms with Crippen LogP contribution in [0.2, 0.25) is 0 Å². The van der Waals surface area contributed by atoms with E-state index in [9.17, 15) is 0 Å². The third-order valence-electron chi connectivity index (χ3n) is 15.7. The fraction of sp³-hybridized carbons (Fsp3) is 0.0857. The van der Waals surface area contributed by atoms with Crippen LogP contribution in [0, 0.1) is 0 Å². The summed E-state index contributed by atoms with van der Waals surface area (Å²) >= 11 is 0. The highest BCUT2D eigenvalue weighted by Crippen LogP contribution is 2.61. The van der Waals surface area contributed by atoms with Crippen molar-refractivity contribution in [3.63, 3.8) is 0 Å². The molecule has 14 rings (SSSR count). The molecule has 0 saturated heterocycles. The Bertz CT molecular complexity index is 3500. The lowest BCUT2D eigenvalue weighted by Crippen LogP contribution is -2.01. The lowest BCUT2D eigenvalue weighted by atomic mass is 9.82. The van der Waals surface area contributed by atoms with E-state index in [1.54, 1.807) is 0 Å². The van der Waals surface area contributed by atoms with Crippen molar-refractivity contribution in [1.82, 2.24) is 0 Å². The van der Waals surface area contributed by atoms with Crippen molar-refractivity contribution in [1.29, 1.82) is 0 Å². The smallest absolute Gasteiger partial charge is 0.00542 e. The van der Waals surface area contributed by atoms with E-state index in [2.05, 4.69) is 243 Å². The molecule has 12 aromatic carbocycles. The van der Waals surface area contributed by atoms with Crippen LogP contribution < -0.4 is 0 Å². The van der Waals surface area contributed by atoms with Crippen molar-refractivity contribution in [3.05, 3.63) is 265 Å². The first kappa shape index (κ1) is 43.3. The molecule has 2 heterocycles. The molecular formula is C70H52P2. The van der Waals surface area contributed by atoms with Gasteiger partial charge in [-0.25, -0.2) is 0 Å². The standard InChI is InChI=1S/C70H52P2/c1-5-21-47(22-6-1)59-39-51-29-13-17-33-55(51)67-63(59)43-71(44-64-60(48-23-7-2-8-24-48)40-52-30-14-18-34-56(52)68(64)67)37-38-72-45-65-61(49-25-9-3-10-26-49)41-53-31-15-19-35-57(53)69(65)70-58-36-20-16-32-54(58)42-62(66(70)46-72)50-27-11-4-12-28-50/h1-36,39-42H,37-38,43-46H2. The Morgan fingerprint density at radius 1 is 0.236 bits per heavy atom. The molecule has 0 saturated carbocycles. The maximum Gasteiger partial charge on any atom is -0.00542 e. The summed E-state index contributed by atoms with van der Waals surface area (Å²) in [5.41, 5.74) is 22.7. The predicted octanol–water partition coefficient (Wildman–Crippen LogP) is 20.0. The largest absolute Gasteiger partial charge is 0.0973 e. The summed E-state index contributed by atoms with van der Waals surface area (Å²) in [5.74, 6) is 0. The summed E-state index contributed by atoms with van der Waals surface area (Å²) in [6.45, 7) is 0. The number of fused-ring (bicyclic) bond motifs is 14. The zero-order valence-corrected chi connectivity index (χ0v) is 42.0. The molecule has 72 heavy (non-hydrogen) atoms. The van der Waals surface area contributed by atoms with Crippen LogP contribution in [0.5, 0.6) is 0 Å². The first-order chi connectivity index (χ1) is 35.7. The molecule has 0 N–H and O–H groups in total. The van der Waals surface area contributed by atoms with Gasteiger partial charge in [0.1, 0.15) is 0 Å². The molecule has 2 heteroatoms. The van der Waals surface area contributed by atoms with Gasteiger partial charge in [-0.05, 0) is 193 Å². The van der Waals surface area contributed by atoms with Gasteiger partial charge in [-0.1, -0.05) is 234 Å². The summed E-state index contributed by atoms with van der Waals surface area (Å²) in [5, 5.41) is 10.7. The van der Waals surface area contributed by atoms with Gasteiger partial charge in [0.25, 0.3) is 0 Å². The Morgan fingerprint density at radius 3 is 0.681 bits per heavy atom. The second-order valence-corrected chi connectivity index (χ2v) is 24.7. The molecule has 0 atom stereocenters. The van der Waals surface area contributed by atoms with E-state index in [4.69, 9.17) is 0 Å². The van der Waals surface area contributed by atoms with Gasteiger partial charge in [-0.15, -0.1) is 0 Å². The molecular weight excluding hydrogens is 903 g/mol. The molecule has 0 fully saturated rings. The fourth-order valence-corrected chi connectivity index (χ4v) is 18.7. The summed E-state index contributed by atoms with van der Waals surface area (Å²) in [6, 6.07) is 92.0. The van der Waals surface area contributed by atoms with Crippen molar-refractivity contribution in [2.45, 2.75) is 24.6 Å². The van der Waals surface area contributed by atoms with E-state index in [0.29, 0.717) is 0 Å². The minimum Gasteiger partial charge on any atom is -0.0973 e. The molecule has 0 aliphatic carbocycles. The van der Waals surface area contributed by atoms with Crippen LogP contribution in [0.25, 0.3) is 110 Å². The van der Waals surface area contributed by atoms with Gasteiger partial charge < -0.3 is 0 Å². The second kappa shape index (κ2) is 18.3. The molecule has 0 unspecified atom stereocenters. The molecule has 2 aliphatic heterocycles. The minimum absolute atomic E-state index is 0.507. The maximum atomic E-state index is 2.51. The highest BCUT2D eigenvalue weighted by atomic mass is 31.1. The van der Waals surface area contributed by atoms with E-state index in [-0.39, 0.29) is 0 Å². The van der Waals surface area contributed by atoms with E-state index in [1.165, 1.54) is 144 Å². The van der Waals surface area contributed by atoms with Gasteiger partial charge in [-0.3, -0.25) is 0 Å². The normalized spacial score (nSPS) is 13.6. The third-order valence-corrected chi connectivity index (χ3v) is 20.8. The van der Waals surface area contributed by atoms with Crippen LogP contribution >= 0.6 is 15.8 Å². The lowest BCUT2D eigenvalue weighted by molar-refractivity contribution is 1.29. The van der Waals surface area contributed by atoms with Gasteiger partial charge in [0.15, 0.2) is 0 Å². The Kier molecular flexibility index (Phi) is 11.0. The van der Waals surface area contributed by atoms with E-state index < -0.39 is 15.8 Å². The van der Waals surface area contributed by atoms with Crippen molar-refractivity contribution < 1.29 is 0 Å². The molecule has 0 amide bonds. The van der Waals surface area contributed by atoms with Gasteiger partial charge >= 0.3 is 0 Å². The third kappa shape index (κ3) is 7.51. The Morgan fingerprint density at radius 2 is 0.444 bits per heavy atom. The summed E-state index contributed by atoms with van der Waals surface area (Å²) in [6.07, 6.45) is 6.80. The molecule has 0 bridgehead atoms. The van der Waals surface area contributed by atoms with Crippen molar-refractivity contribution in [2.24, 2.45) is 0 Å². The van der Waals surface area contributed by atoms with Gasteiger partial charge in [0.2, 0.25) is 0 Å². The molecule has 0 radical (unpaired) electrons. The molecule has 342 valence electrons. The SMILES string of the molecule is c1ccc(-c2cc3ccccc3c3c2CP(CCP2Cc4c(-c5ccccc5)cc5ccccc5c4-c4c(c(-c5ccccc5)cc5ccccc45)C2)Cc2c(-c4ccccc4)cc4ccccc4c2-3)cc1. The van der Waals surface area contributed by atoms with Crippen molar-refractivity contribution >= 4 is 58.9 Å². The number of hydrogen-bond acceptors (Lipinski definition) is 0. The van der Waals surface area contributed by atoms with Gasteiger partial charge in [-0.2, -0.15) is 0 Å². The Labute approximate surface area is 425 Å². The number of benzene rings is 12. The van der Waals surface area contributed by atoms with E-state index in [0.717, 1.165) is 24.6 Å². The summed E-state index contributed by atoms with van der Waals surface area (Å²) in [7, 11) is -1.01. The predicted molar refractivity (Wildman–Crippen MR) is 314 cm³/mol. The van der Waals surface area contributed by atoms with Crippen molar-refractivity contribution in [3.8, 4) is 66.8 Å². The molecule has 12 aromatic rings. The van der Waals surface area contributed by atoms with E-state index in [1.807, 2.05) is 0 Å². The maximum absolute atomic E-state index is 2.51. The Balaban J connectivity index is 0.984. The van der Waals surface area contributed by atoms with Crippen LogP contribution in [0.1, 0.15) is 22.3 Å². The fourth-order valence-electron chi connectivity index (χ4n) is 12.5. The highest BCUT2D eigenvalue weighted by Gasteiger charge is 2.33. The second-order valence-electron chi connectivity index (χ2n) is 19.9. The van der Waals surface area contributed by atoms with Crippen LogP contribution in [0.4, 0.5) is 0 Å². The zero-order chi connectivity index (χ0) is 47.5. The average Bonchev–Trinajstić information content (AvgIpc) is 3.74. The molecule has 0 aromatic heterocycles. The van der Waals surface area contributed by atoms with Gasteiger partial charge in [0.05, 0.1) is 0 Å². The lowest BCUT2D eigenvalue weighted by Gasteiger charge is -2.24. The van der Waals surface area contributed by atoms with Crippen LogP contribution in [-0.4, -0.2) is 12.3 Å². The topological polar surface area (TPSA) is 0 Å². The van der Waals surface area contributed by atoms with Crippen LogP contribution in [0.3, 0.4) is 0 Å². The monoisotopic (exact) mass is 954 g/mol. The highest BCUT2D eigenvalue weighted by molar-refractivity contribution is 7.60. The average molecular weight is 955 g/mol. The number of rotatable bonds is 7.